The molecule has 3 aromatic heterocycles. The molecule has 0 spiro atoms. The zero-order valence-electron chi connectivity index (χ0n) is 29.1. The van der Waals surface area contributed by atoms with Crippen LogP contribution in [0.4, 0.5) is 36.6 Å². The quantitative estimate of drug-likeness (QED) is 0.144. The Hall–Kier alpha value is -5.21. The fourth-order valence-corrected chi connectivity index (χ4v) is 8.50. The Labute approximate surface area is 326 Å². The standard InChI is InChI=1S/C35H25Cl2F7N8O4S/c1-50-29-22(6-4-18(36)25(29)32(48-50)49-57(2,55)56)52-33(46-20-5-3-19(37)27(40)26(20)34(52)54)21(9-13-7-14(38)10-15(39)8-13)45-23(53)12-51-30-24(28(47-51)31(41)42)16-11-17(16)35(30,43)44/h3-8,10,16-17,21,31H,9,11-12H2,1-2H3,(H,45,53)(H,48,49)/t16-,17+,21-/m0/s1. The van der Waals surface area contributed by atoms with E-state index in [1.807, 2.05) is 0 Å². The lowest BCUT2D eigenvalue weighted by atomic mass is 10.0. The van der Waals surface area contributed by atoms with Crippen LogP contribution >= 0.6 is 23.2 Å². The van der Waals surface area contributed by atoms with Gasteiger partial charge in [0.1, 0.15) is 40.8 Å². The summed E-state index contributed by atoms with van der Waals surface area (Å²) in [5.74, 6) is -10.7. The molecule has 0 bridgehead atoms. The summed E-state index contributed by atoms with van der Waals surface area (Å²) in [7, 11) is -2.58. The van der Waals surface area contributed by atoms with Crippen molar-refractivity contribution >= 4 is 66.8 Å². The highest BCUT2D eigenvalue weighted by Gasteiger charge is 2.67. The van der Waals surface area contributed by atoms with Crippen molar-refractivity contribution < 1.29 is 43.9 Å². The lowest BCUT2D eigenvalue weighted by molar-refractivity contribution is -0.123. The molecule has 1 saturated carbocycles. The number of hydrogen-bond acceptors (Lipinski definition) is 7. The summed E-state index contributed by atoms with van der Waals surface area (Å²) in [6.45, 7) is -1.03. The number of fused-ring (bicyclic) bond motifs is 5. The Kier molecular flexibility index (Phi) is 9.11. The van der Waals surface area contributed by atoms with Crippen molar-refractivity contribution in [3.63, 3.8) is 0 Å². The number of halogens is 9. The molecule has 2 aliphatic carbocycles. The van der Waals surface area contributed by atoms with Crippen molar-refractivity contribution in [1.29, 1.82) is 0 Å². The fraction of sp³-hybridized carbons (Fsp3) is 0.286. The number of aryl methyl sites for hydroxylation is 1. The van der Waals surface area contributed by atoms with Crippen molar-refractivity contribution in [2.24, 2.45) is 13.0 Å². The molecule has 1 fully saturated rings. The van der Waals surface area contributed by atoms with Crippen LogP contribution in [0.2, 0.25) is 10.0 Å². The average molecular weight is 858 g/mol. The fourth-order valence-electron chi connectivity index (χ4n) is 7.60. The highest BCUT2D eigenvalue weighted by atomic mass is 35.5. The first-order valence-corrected chi connectivity index (χ1v) is 19.4. The van der Waals surface area contributed by atoms with Crippen LogP contribution in [0.1, 0.15) is 53.1 Å². The number of carbonyl (C=O) groups excluding carboxylic acids is 1. The number of rotatable bonds is 10. The second-order valence-electron chi connectivity index (χ2n) is 13.8. The van der Waals surface area contributed by atoms with Gasteiger partial charge in [-0.3, -0.25) is 28.2 Å². The summed E-state index contributed by atoms with van der Waals surface area (Å²) in [6, 6.07) is 5.63. The second kappa shape index (κ2) is 13.4. The Morgan fingerprint density at radius 2 is 1.70 bits per heavy atom. The van der Waals surface area contributed by atoms with Crippen LogP contribution < -0.4 is 15.6 Å². The molecule has 12 nitrogen and oxygen atoms in total. The molecule has 0 radical (unpaired) electrons. The molecule has 0 unspecified atom stereocenters. The maximum atomic E-state index is 15.7. The normalized spacial score (nSPS) is 17.6. The zero-order chi connectivity index (χ0) is 41.0. The lowest BCUT2D eigenvalue weighted by Gasteiger charge is -2.24. The molecule has 3 aromatic carbocycles. The average Bonchev–Trinajstić information content (AvgIpc) is 3.64. The predicted molar refractivity (Wildman–Crippen MR) is 193 cm³/mol. The van der Waals surface area contributed by atoms with Crippen molar-refractivity contribution in [3.8, 4) is 5.69 Å². The third-order valence-corrected chi connectivity index (χ3v) is 11.0. The maximum Gasteiger partial charge on any atom is 0.293 e. The molecule has 0 aliphatic heterocycles. The van der Waals surface area contributed by atoms with E-state index in [9.17, 15) is 35.6 Å². The summed E-state index contributed by atoms with van der Waals surface area (Å²) in [5.41, 5.74) is -3.74. The Balaban J connectivity index is 1.34. The van der Waals surface area contributed by atoms with E-state index in [0.29, 0.717) is 10.7 Å². The topological polar surface area (TPSA) is 146 Å². The van der Waals surface area contributed by atoms with Crippen LogP contribution in [0.3, 0.4) is 0 Å². The Bertz CT molecular complexity index is 2860. The van der Waals surface area contributed by atoms with Crippen molar-refractivity contribution in [2.75, 3.05) is 11.0 Å². The minimum absolute atomic E-state index is 0.0186. The van der Waals surface area contributed by atoms with Gasteiger partial charge in [-0.1, -0.05) is 23.2 Å². The summed E-state index contributed by atoms with van der Waals surface area (Å²) < 4.78 is 133. The van der Waals surface area contributed by atoms with E-state index in [2.05, 4.69) is 25.2 Å². The minimum Gasteiger partial charge on any atom is -0.344 e. The molecule has 298 valence electrons. The van der Waals surface area contributed by atoms with Gasteiger partial charge in [0.2, 0.25) is 15.9 Å². The Morgan fingerprint density at radius 1 is 1.02 bits per heavy atom. The molecule has 2 N–H and O–H groups in total. The molecular weight excluding hydrogens is 832 g/mol. The van der Waals surface area contributed by atoms with Gasteiger partial charge in [0, 0.05) is 31.0 Å². The monoisotopic (exact) mass is 856 g/mol. The van der Waals surface area contributed by atoms with Gasteiger partial charge in [-0.15, -0.1) is 0 Å². The van der Waals surface area contributed by atoms with Crippen molar-refractivity contribution in [2.45, 2.75) is 43.7 Å². The van der Waals surface area contributed by atoms with Crippen LogP contribution in [0.25, 0.3) is 27.5 Å². The van der Waals surface area contributed by atoms with E-state index in [1.165, 1.54) is 25.2 Å². The number of anilines is 1. The van der Waals surface area contributed by atoms with Gasteiger partial charge in [-0.05, 0) is 54.3 Å². The van der Waals surface area contributed by atoms with E-state index in [1.54, 1.807) is 0 Å². The van der Waals surface area contributed by atoms with E-state index in [4.69, 9.17) is 23.2 Å². The van der Waals surface area contributed by atoms with E-state index in [-0.39, 0.29) is 50.5 Å². The van der Waals surface area contributed by atoms with Gasteiger partial charge in [0.25, 0.3) is 17.9 Å². The number of hydrogen-bond donors (Lipinski definition) is 2. The molecule has 22 heteroatoms. The number of alkyl halides is 4. The summed E-state index contributed by atoms with van der Waals surface area (Å²) in [5, 5.41) is 9.23. The molecule has 3 atom stereocenters. The van der Waals surface area contributed by atoms with Gasteiger partial charge in [-0.2, -0.15) is 19.0 Å². The van der Waals surface area contributed by atoms with Crippen LogP contribution in [0.5, 0.6) is 0 Å². The summed E-state index contributed by atoms with van der Waals surface area (Å²) >= 11 is 12.6. The molecule has 57 heavy (non-hydrogen) atoms. The first kappa shape index (κ1) is 38.7. The van der Waals surface area contributed by atoms with E-state index < -0.39 is 110 Å². The highest BCUT2D eigenvalue weighted by molar-refractivity contribution is 7.92. The predicted octanol–water partition coefficient (Wildman–Crippen LogP) is 6.81. The van der Waals surface area contributed by atoms with Crippen LogP contribution in [-0.2, 0) is 40.8 Å². The smallest absolute Gasteiger partial charge is 0.293 e. The number of benzene rings is 3. The SMILES string of the molecule is Cn1nc(NS(C)(=O)=O)c2c(Cl)ccc(-n3c([C@H](Cc4cc(F)cc(F)c4)NC(=O)Cn4nc(C(F)F)c5c4C(F)(F)[C@@H]4C[C@H]54)nc4ccc(Cl)c(F)c4c3=O)c21. The number of nitrogens with zero attached hydrogens (tertiary/aromatic N) is 6. The molecule has 2 aliphatic rings. The number of sulfonamides is 1. The number of aromatic nitrogens is 6. The highest BCUT2D eigenvalue weighted by Crippen LogP contribution is 2.68. The molecule has 0 saturated heterocycles. The van der Waals surface area contributed by atoms with Crippen LogP contribution in [0, 0.1) is 23.4 Å². The maximum absolute atomic E-state index is 15.7. The third-order valence-electron chi connectivity index (χ3n) is 9.86. The van der Waals surface area contributed by atoms with Crippen molar-refractivity contribution in [1.82, 2.24) is 34.4 Å². The molecular formula is C35H25Cl2F7N8O4S. The first-order chi connectivity index (χ1) is 26.7. The zero-order valence-corrected chi connectivity index (χ0v) is 31.4. The molecule has 6 aromatic rings. The van der Waals surface area contributed by atoms with Crippen LogP contribution in [-0.4, -0.2) is 49.7 Å². The first-order valence-electron chi connectivity index (χ1n) is 16.8. The van der Waals surface area contributed by atoms with Gasteiger partial charge >= 0.3 is 0 Å². The van der Waals surface area contributed by atoms with Gasteiger partial charge in [0.05, 0.1) is 44.4 Å². The summed E-state index contributed by atoms with van der Waals surface area (Å²) in [6.07, 6.45) is -2.94. The van der Waals surface area contributed by atoms with Gasteiger partial charge in [-0.25, -0.2) is 35.4 Å². The number of amides is 1. The van der Waals surface area contributed by atoms with Gasteiger partial charge < -0.3 is 5.32 Å². The van der Waals surface area contributed by atoms with Crippen LogP contribution in [0.15, 0.2) is 47.3 Å². The van der Waals surface area contributed by atoms with E-state index in [0.717, 1.165) is 33.7 Å². The molecule has 8 rings (SSSR count). The molecule has 3 heterocycles. The second-order valence-corrected chi connectivity index (χ2v) is 16.3. The lowest BCUT2D eigenvalue weighted by Crippen LogP contribution is -2.38. The minimum atomic E-state index is -3.95. The summed E-state index contributed by atoms with van der Waals surface area (Å²) in [4.78, 5) is 33.0. The number of carbonyl (C=O) groups is 1. The number of nitrogens with one attached hydrogen (secondary N) is 2. The van der Waals surface area contributed by atoms with E-state index >= 15 is 13.2 Å². The van der Waals surface area contributed by atoms with Crippen molar-refractivity contribution in [3.05, 3.63) is 109 Å². The largest absolute Gasteiger partial charge is 0.344 e. The molecule has 1 amide bonds. The third kappa shape index (κ3) is 6.56. The Morgan fingerprint density at radius 3 is 2.37 bits per heavy atom. The van der Waals surface area contributed by atoms with Gasteiger partial charge in [0.15, 0.2) is 11.6 Å².